The van der Waals surface area contributed by atoms with Crippen LogP contribution in [0.15, 0.2) is 64.6 Å². The Morgan fingerprint density at radius 2 is 2.06 bits per heavy atom. The number of benzene rings is 1. The Balaban J connectivity index is 1.69. The molecule has 0 saturated carbocycles. The molecule has 0 amide bonds. The molecule has 1 aliphatic carbocycles. The maximum atomic E-state index is 13.2. The predicted octanol–water partition coefficient (Wildman–Crippen LogP) is 6.07. The van der Waals surface area contributed by atoms with Crippen molar-refractivity contribution >= 4 is 46.5 Å². The first-order valence-corrected chi connectivity index (χ1v) is 12.1. The van der Waals surface area contributed by atoms with Gasteiger partial charge in [-0.05, 0) is 41.7 Å². The van der Waals surface area contributed by atoms with Gasteiger partial charge in [0.05, 0.1) is 38.4 Å². The van der Waals surface area contributed by atoms with Crippen molar-refractivity contribution in [2.45, 2.75) is 32.6 Å². The molecular formula is C25H21Cl2N3O2S. The van der Waals surface area contributed by atoms with Crippen molar-refractivity contribution in [2.75, 3.05) is 5.75 Å². The Labute approximate surface area is 206 Å². The molecule has 5 nitrogen and oxygen atoms in total. The van der Waals surface area contributed by atoms with E-state index < -0.39 is 5.92 Å². The van der Waals surface area contributed by atoms with Crippen LogP contribution in [0.5, 0.6) is 0 Å². The molecule has 0 fully saturated rings. The lowest BCUT2D eigenvalue weighted by atomic mass is 9.69. The Bertz CT molecular complexity index is 1250. The van der Waals surface area contributed by atoms with Gasteiger partial charge in [-0.1, -0.05) is 54.9 Å². The minimum absolute atomic E-state index is 0.0336. The van der Waals surface area contributed by atoms with E-state index in [1.54, 1.807) is 36.7 Å². The van der Waals surface area contributed by atoms with Gasteiger partial charge in [-0.2, -0.15) is 5.26 Å². The summed E-state index contributed by atoms with van der Waals surface area (Å²) in [5.74, 6) is -0.508. The molecule has 2 heterocycles. The third-order valence-electron chi connectivity index (χ3n) is 5.73. The van der Waals surface area contributed by atoms with Crippen LogP contribution in [-0.2, 0) is 4.79 Å². The van der Waals surface area contributed by atoms with Crippen LogP contribution >= 0.6 is 35.0 Å². The van der Waals surface area contributed by atoms with E-state index in [1.165, 1.54) is 11.8 Å². The third kappa shape index (κ3) is 4.86. The zero-order chi connectivity index (χ0) is 23.8. The number of hydrogen-bond acceptors (Lipinski definition) is 6. The summed E-state index contributed by atoms with van der Waals surface area (Å²) >= 11 is 13.3. The van der Waals surface area contributed by atoms with Gasteiger partial charge in [-0.25, -0.2) is 0 Å². The maximum Gasteiger partial charge on any atom is 0.173 e. The van der Waals surface area contributed by atoms with Crippen LogP contribution in [0.3, 0.4) is 0 Å². The number of carbonyl (C=O) groups excluding carboxylic acids is 2. The summed E-state index contributed by atoms with van der Waals surface area (Å²) in [5, 5.41) is 14.7. The van der Waals surface area contributed by atoms with Gasteiger partial charge in [0.2, 0.25) is 0 Å². The van der Waals surface area contributed by atoms with Crippen LogP contribution in [0.2, 0.25) is 10.0 Å². The minimum atomic E-state index is -0.508. The summed E-state index contributed by atoms with van der Waals surface area (Å²) in [4.78, 5) is 30.2. The van der Waals surface area contributed by atoms with Crippen LogP contribution in [-0.4, -0.2) is 22.3 Å². The van der Waals surface area contributed by atoms with Crippen molar-refractivity contribution in [3.63, 3.8) is 0 Å². The summed E-state index contributed by atoms with van der Waals surface area (Å²) in [6.45, 7) is 4.11. The van der Waals surface area contributed by atoms with Crippen LogP contribution in [0, 0.1) is 16.7 Å². The number of aromatic nitrogens is 1. The zero-order valence-corrected chi connectivity index (χ0v) is 20.4. The number of rotatable bonds is 5. The van der Waals surface area contributed by atoms with Crippen molar-refractivity contribution in [3.05, 3.63) is 85.8 Å². The highest BCUT2D eigenvalue weighted by molar-refractivity contribution is 8.03. The Kier molecular flexibility index (Phi) is 6.67. The van der Waals surface area contributed by atoms with Gasteiger partial charge in [-0.15, -0.1) is 0 Å². The predicted molar refractivity (Wildman–Crippen MR) is 131 cm³/mol. The van der Waals surface area contributed by atoms with Crippen molar-refractivity contribution in [3.8, 4) is 6.07 Å². The quantitative estimate of drug-likeness (QED) is 0.504. The van der Waals surface area contributed by atoms with Crippen molar-refractivity contribution < 1.29 is 9.59 Å². The zero-order valence-electron chi connectivity index (χ0n) is 18.1. The molecule has 168 valence electrons. The number of Topliss-reactive ketones (excluding diaryl/α,β-unsaturated/α-hetero) is 2. The second kappa shape index (κ2) is 9.34. The number of halogens is 2. The highest BCUT2D eigenvalue weighted by atomic mass is 35.5. The van der Waals surface area contributed by atoms with E-state index in [2.05, 4.69) is 30.2 Å². The minimum Gasteiger partial charge on any atom is -0.352 e. The highest BCUT2D eigenvalue weighted by Crippen LogP contribution is 2.47. The summed E-state index contributed by atoms with van der Waals surface area (Å²) in [5.41, 5.74) is 2.89. The summed E-state index contributed by atoms with van der Waals surface area (Å²) in [6, 6.07) is 10.7. The lowest BCUT2D eigenvalue weighted by Crippen LogP contribution is -2.37. The van der Waals surface area contributed by atoms with E-state index in [4.69, 9.17) is 23.2 Å². The van der Waals surface area contributed by atoms with E-state index in [-0.39, 0.29) is 22.7 Å². The fourth-order valence-electron chi connectivity index (χ4n) is 4.26. The lowest BCUT2D eigenvalue weighted by Gasteiger charge is -2.38. The van der Waals surface area contributed by atoms with E-state index in [0.717, 1.165) is 11.3 Å². The molecule has 2 aliphatic rings. The molecule has 1 N–H and O–H groups in total. The summed E-state index contributed by atoms with van der Waals surface area (Å²) < 4.78 is 0. The molecule has 1 aromatic heterocycles. The summed E-state index contributed by atoms with van der Waals surface area (Å²) in [6.07, 6.45) is 4.44. The fourth-order valence-corrected chi connectivity index (χ4v) is 5.52. The number of ketones is 2. The highest BCUT2D eigenvalue weighted by Gasteiger charge is 2.42. The molecule has 2 aromatic rings. The Morgan fingerprint density at radius 1 is 1.27 bits per heavy atom. The molecule has 8 heteroatoms. The van der Waals surface area contributed by atoms with Crippen molar-refractivity contribution in [1.82, 2.24) is 10.3 Å². The maximum absolute atomic E-state index is 13.2. The molecule has 1 atom stereocenters. The third-order valence-corrected chi connectivity index (χ3v) is 7.49. The Morgan fingerprint density at radius 3 is 2.73 bits per heavy atom. The number of pyridine rings is 1. The SMILES string of the molecule is CC1(C)CC(=O)C2=C(C1)NC(SCC(=O)c1ccc(Cl)c(Cl)c1)=C(C#N)[C@@H]2c1cccnc1. The molecule has 0 bridgehead atoms. The number of nitrogens with one attached hydrogen (secondary N) is 1. The van der Waals surface area contributed by atoms with Gasteiger partial charge in [-0.3, -0.25) is 14.6 Å². The van der Waals surface area contributed by atoms with Gasteiger partial charge in [0, 0.05) is 35.6 Å². The van der Waals surface area contributed by atoms with Crippen LogP contribution in [0.4, 0.5) is 0 Å². The van der Waals surface area contributed by atoms with E-state index in [0.29, 0.717) is 44.6 Å². The van der Waals surface area contributed by atoms with Crippen LogP contribution in [0.25, 0.3) is 0 Å². The van der Waals surface area contributed by atoms with Crippen molar-refractivity contribution in [1.29, 1.82) is 5.26 Å². The van der Waals surface area contributed by atoms with Gasteiger partial charge in [0.1, 0.15) is 0 Å². The van der Waals surface area contributed by atoms with E-state index in [1.807, 2.05) is 6.07 Å². The van der Waals surface area contributed by atoms with E-state index in [9.17, 15) is 14.9 Å². The lowest BCUT2D eigenvalue weighted by molar-refractivity contribution is -0.118. The molecule has 4 rings (SSSR count). The van der Waals surface area contributed by atoms with Crippen molar-refractivity contribution in [2.24, 2.45) is 5.41 Å². The molecule has 0 radical (unpaired) electrons. The number of hydrogen-bond donors (Lipinski definition) is 1. The normalized spacial score (nSPS) is 19.6. The molecule has 33 heavy (non-hydrogen) atoms. The second-order valence-corrected chi connectivity index (χ2v) is 10.7. The molecule has 1 aromatic carbocycles. The average molecular weight is 498 g/mol. The fraction of sp³-hybridized carbons (Fsp3) is 0.280. The molecule has 1 aliphatic heterocycles. The molecule has 0 spiro atoms. The second-order valence-electron chi connectivity index (χ2n) is 8.87. The Hall–Kier alpha value is -2.59. The molecule has 0 saturated heterocycles. The molecular weight excluding hydrogens is 477 g/mol. The topological polar surface area (TPSA) is 82.9 Å². The smallest absolute Gasteiger partial charge is 0.173 e. The van der Waals surface area contributed by atoms with Gasteiger partial charge in [0.25, 0.3) is 0 Å². The van der Waals surface area contributed by atoms with Gasteiger partial charge in [0.15, 0.2) is 11.6 Å². The monoisotopic (exact) mass is 497 g/mol. The molecule has 0 unspecified atom stereocenters. The van der Waals surface area contributed by atoms with Gasteiger partial charge < -0.3 is 5.32 Å². The number of carbonyl (C=O) groups is 2. The number of dihydropyridines is 1. The first kappa shape index (κ1) is 23.6. The number of allylic oxidation sites excluding steroid dienone is 3. The standard InChI is InChI=1S/C25H21Cl2N3O2S/c1-25(2)9-19-23(20(31)10-25)22(15-4-3-7-29-12-15)16(11-28)24(30-19)33-13-21(32)14-5-6-17(26)18(27)8-14/h3-8,12,22,30H,9-10,13H2,1-2H3/t22-/m0/s1. The number of nitrogens with zero attached hydrogens (tertiary/aromatic N) is 2. The van der Waals surface area contributed by atoms with Crippen LogP contribution < -0.4 is 5.32 Å². The first-order chi connectivity index (χ1) is 15.7. The largest absolute Gasteiger partial charge is 0.352 e. The number of nitriles is 1. The average Bonchev–Trinajstić information content (AvgIpc) is 2.78. The van der Waals surface area contributed by atoms with Gasteiger partial charge >= 0.3 is 0 Å². The first-order valence-electron chi connectivity index (χ1n) is 10.4. The van der Waals surface area contributed by atoms with E-state index >= 15 is 0 Å². The number of thioether (sulfide) groups is 1. The summed E-state index contributed by atoms with van der Waals surface area (Å²) in [7, 11) is 0. The van der Waals surface area contributed by atoms with Crippen LogP contribution in [0.1, 0.15) is 48.5 Å².